The molecule has 0 saturated heterocycles. The van der Waals surface area contributed by atoms with Crippen LogP contribution in [0.2, 0.25) is 5.02 Å². The number of phenols is 1. The van der Waals surface area contributed by atoms with Gasteiger partial charge < -0.3 is 10.0 Å². The van der Waals surface area contributed by atoms with Crippen molar-refractivity contribution in [2.24, 2.45) is 0 Å². The maximum atomic E-state index is 10.6. The molecule has 3 aromatic rings. The molecule has 2 aromatic carbocycles. The third-order valence-corrected chi connectivity index (χ3v) is 4.95. The van der Waals surface area contributed by atoms with Crippen LogP contribution in [0.5, 0.6) is 5.75 Å². The smallest absolute Gasteiger partial charge is 0.150 e. The van der Waals surface area contributed by atoms with E-state index in [4.69, 9.17) is 11.6 Å². The van der Waals surface area contributed by atoms with Gasteiger partial charge in [0.25, 0.3) is 0 Å². The summed E-state index contributed by atoms with van der Waals surface area (Å²) in [5.41, 5.74) is 4.30. The normalized spacial score (nSPS) is 17.2. The van der Waals surface area contributed by atoms with Gasteiger partial charge in [0.15, 0.2) is 5.75 Å². The van der Waals surface area contributed by atoms with Gasteiger partial charge in [-0.3, -0.25) is 4.98 Å². The van der Waals surface area contributed by atoms with Gasteiger partial charge in [0.05, 0.1) is 17.1 Å². The van der Waals surface area contributed by atoms with Gasteiger partial charge >= 0.3 is 0 Å². The average Bonchev–Trinajstić information content (AvgIpc) is 2.59. The molecule has 1 atom stereocenters. The Balaban J connectivity index is 1.65. The molecule has 0 spiro atoms. The number of hydrogen-bond acceptors (Lipinski definition) is 2. The standard InChI is InChI=1S/C19H17ClN2O/c20-17-10-15(19(23)18-16(17)6-3-8-21-18)12-22-9-7-13-4-1-2-5-14(13)11-22/h1-6,8,10,23H,7,9,11-12H2/p+1. The van der Waals surface area contributed by atoms with E-state index < -0.39 is 0 Å². The Kier molecular flexibility index (Phi) is 3.68. The first kappa shape index (κ1) is 14.5. The monoisotopic (exact) mass is 325 g/mol. The highest BCUT2D eigenvalue weighted by molar-refractivity contribution is 6.35. The second-order valence-corrected chi connectivity index (χ2v) is 6.55. The van der Waals surface area contributed by atoms with Gasteiger partial charge in [0.2, 0.25) is 0 Å². The van der Waals surface area contributed by atoms with E-state index in [0.717, 1.165) is 37.0 Å². The molecule has 116 valence electrons. The van der Waals surface area contributed by atoms with Crippen molar-refractivity contribution in [2.45, 2.75) is 19.5 Å². The molecule has 0 fully saturated rings. The van der Waals surface area contributed by atoms with Crippen LogP contribution >= 0.6 is 11.6 Å². The van der Waals surface area contributed by atoms with Crippen LogP contribution in [0.15, 0.2) is 48.7 Å². The molecular weight excluding hydrogens is 308 g/mol. The summed E-state index contributed by atoms with van der Waals surface area (Å²) in [5, 5.41) is 12.0. The zero-order chi connectivity index (χ0) is 15.8. The van der Waals surface area contributed by atoms with E-state index in [2.05, 4.69) is 29.2 Å². The Morgan fingerprint density at radius 2 is 1.96 bits per heavy atom. The van der Waals surface area contributed by atoms with Gasteiger partial charge in [0.1, 0.15) is 18.6 Å². The number of nitrogens with one attached hydrogen (secondary N) is 1. The molecule has 4 heteroatoms. The van der Waals surface area contributed by atoms with E-state index in [1.807, 2.05) is 18.2 Å². The van der Waals surface area contributed by atoms with E-state index >= 15 is 0 Å². The van der Waals surface area contributed by atoms with Crippen LogP contribution in [0.1, 0.15) is 16.7 Å². The Bertz CT molecular complexity index is 878. The predicted octanol–water partition coefficient (Wildman–Crippen LogP) is 2.74. The maximum Gasteiger partial charge on any atom is 0.150 e. The Morgan fingerprint density at radius 3 is 2.83 bits per heavy atom. The van der Waals surface area contributed by atoms with Gasteiger partial charge in [-0.05, 0) is 23.8 Å². The molecule has 23 heavy (non-hydrogen) atoms. The third-order valence-electron chi connectivity index (χ3n) is 4.64. The lowest BCUT2D eigenvalue weighted by Crippen LogP contribution is -3.10. The molecule has 1 aromatic heterocycles. The van der Waals surface area contributed by atoms with Crippen molar-refractivity contribution in [3.63, 3.8) is 0 Å². The summed E-state index contributed by atoms with van der Waals surface area (Å²) in [6.45, 7) is 2.80. The molecular formula is C19H18ClN2O+. The molecule has 0 aliphatic carbocycles. The highest BCUT2D eigenvalue weighted by Gasteiger charge is 2.21. The van der Waals surface area contributed by atoms with Crippen molar-refractivity contribution in [1.29, 1.82) is 0 Å². The molecule has 3 nitrogen and oxygen atoms in total. The topological polar surface area (TPSA) is 37.6 Å². The first-order valence-electron chi connectivity index (χ1n) is 7.88. The summed E-state index contributed by atoms with van der Waals surface area (Å²) in [7, 11) is 0. The Hall–Kier alpha value is -2.10. The summed E-state index contributed by atoms with van der Waals surface area (Å²) in [4.78, 5) is 5.72. The van der Waals surface area contributed by atoms with Crippen LogP contribution < -0.4 is 4.90 Å². The largest absolute Gasteiger partial charge is 0.505 e. The van der Waals surface area contributed by atoms with E-state index in [1.165, 1.54) is 16.0 Å². The second-order valence-electron chi connectivity index (χ2n) is 6.14. The lowest BCUT2D eigenvalue weighted by atomic mass is 9.99. The fourth-order valence-corrected chi connectivity index (χ4v) is 3.72. The first-order chi connectivity index (χ1) is 11.2. The summed E-state index contributed by atoms with van der Waals surface area (Å²) in [6.07, 6.45) is 2.76. The fourth-order valence-electron chi connectivity index (χ4n) is 3.44. The number of quaternary nitrogens is 1. The Morgan fingerprint density at radius 1 is 1.13 bits per heavy atom. The summed E-state index contributed by atoms with van der Waals surface area (Å²) >= 11 is 6.37. The van der Waals surface area contributed by atoms with Crippen molar-refractivity contribution in [2.75, 3.05) is 6.54 Å². The van der Waals surface area contributed by atoms with E-state index in [9.17, 15) is 5.11 Å². The quantitative estimate of drug-likeness (QED) is 0.760. The number of halogens is 1. The lowest BCUT2D eigenvalue weighted by molar-refractivity contribution is -0.929. The molecule has 2 N–H and O–H groups in total. The molecule has 1 aliphatic heterocycles. The number of nitrogens with zero attached hydrogens (tertiary/aromatic N) is 1. The van der Waals surface area contributed by atoms with Gasteiger partial charge in [0, 0.05) is 23.6 Å². The van der Waals surface area contributed by atoms with E-state index in [-0.39, 0.29) is 5.75 Å². The van der Waals surface area contributed by atoms with E-state index in [0.29, 0.717) is 10.5 Å². The molecule has 0 radical (unpaired) electrons. The van der Waals surface area contributed by atoms with Crippen LogP contribution in [-0.4, -0.2) is 16.6 Å². The molecule has 2 heterocycles. The average molecular weight is 326 g/mol. The third kappa shape index (κ3) is 2.67. The predicted molar refractivity (Wildman–Crippen MR) is 91.8 cm³/mol. The second kappa shape index (κ2) is 5.84. The van der Waals surface area contributed by atoms with Gasteiger partial charge in [-0.2, -0.15) is 0 Å². The van der Waals surface area contributed by atoms with Gasteiger partial charge in [-0.25, -0.2) is 0 Å². The maximum absolute atomic E-state index is 10.6. The van der Waals surface area contributed by atoms with Crippen molar-refractivity contribution in [3.05, 3.63) is 70.4 Å². The lowest BCUT2D eigenvalue weighted by Gasteiger charge is -2.26. The molecule has 0 bridgehead atoms. The first-order valence-corrected chi connectivity index (χ1v) is 8.25. The number of benzene rings is 2. The van der Waals surface area contributed by atoms with Crippen LogP contribution in [0.4, 0.5) is 0 Å². The van der Waals surface area contributed by atoms with Crippen molar-refractivity contribution < 1.29 is 10.0 Å². The van der Waals surface area contributed by atoms with Crippen LogP contribution in [0.25, 0.3) is 10.9 Å². The number of aromatic hydroxyl groups is 1. The molecule has 1 aliphatic rings. The zero-order valence-electron chi connectivity index (χ0n) is 12.7. The number of rotatable bonds is 2. The summed E-state index contributed by atoms with van der Waals surface area (Å²) in [5.74, 6) is 0.261. The van der Waals surface area contributed by atoms with Crippen molar-refractivity contribution in [1.82, 2.24) is 4.98 Å². The Labute approximate surface area is 140 Å². The molecule has 1 unspecified atom stereocenters. The number of hydrogen-bond donors (Lipinski definition) is 2. The van der Waals surface area contributed by atoms with Gasteiger partial charge in [-0.1, -0.05) is 35.9 Å². The number of fused-ring (bicyclic) bond motifs is 2. The number of phenolic OH excluding ortho intramolecular Hbond substituents is 1. The van der Waals surface area contributed by atoms with Crippen molar-refractivity contribution in [3.8, 4) is 5.75 Å². The minimum absolute atomic E-state index is 0.261. The number of pyridine rings is 1. The molecule has 0 amide bonds. The van der Waals surface area contributed by atoms with Crippen LogP contribution in [0, 0.1) is 0 Å². The van der Waals surface area contributed by atoms with E-state index in [1.54, 1.807) is 6.20 Å². The molecule has 0 saturated carbocycles. The zero-order valence-corrected chi connectivity index (χ0v) is 13.5. The van der Waals surface area contributed by atoms with Crippen LogP contribution in [0.3, 0.4) is 0 Å². The fraction of sp³-hybridized carbons (Fsp3) is 0.211. The minimum Gasteiger partial charge on any atom is -0.505 e. The van der Waals surface area contributed by atoms with Gasteiger partial charge in [-0.15, -0.1) is 0 Å². The summed E-state index contributed by atoms with van der Waals surface area (Å²) in [6, 6.07) is 14.2. The van der Waals surface area contributed by atoms with Crippen LogP contribution in [-0.2, 0) is 19.5 Å². The SMILES string of the molecule is Oc1c(C[NH+]2CCc3ccccc3C2)cc(Cl)c2cccnc12. The van der Waals surface area contributed by atoms with Crippen molar-refractivity contribution >= 4 is 22.5 Å². The highest BCUT2D eigenvalue weighted by atomic mass is 35.5. The summed E-state index contributed by atoms with van der Waals surface area (Å²) < 4.78 is 0. The molecule has 4 rings (SSSR count). The highest BCUT2D eigenvalue weighted by Crippen LogP contribution is 2.32. The minimum atomic E-state index is 0.261. The number of aromatic nitrogens is 1.